The van der Waals surface area contributed by atoms with E-state index in [0.717, 1.165) is 0 Å². The van der Waals surface area contributed by atoms with Gasteiger partial charge in [-0.25, -0.2) is 0 Å². The Morgan fingerprint density at radius 3 is 0.895 bits per heavy atom. The molecule has 0 aliphatic rings. The number of quaternary nitrogens is 1. The minimum atomic E-state index is 0. The van der Waals surface area contributed by atoms with Gasteiger partial charge in [0.25, 0.3) is 0 Å². The summed E-state index contributed by atoms with van der Waals surface area (Å²) in [4.78, 5) is 0. The SMILES string of the molecule is CCCC[N+](CCCC)(CCCC)CCCC.Cl.[Fe]. The maximum absolute atomic E-state index is 2.33. The second-order valence-corrected chi connectivity index (χ2v) is 5.65. The fourth-order valence-electron chi connectivity index (χ4n) is 2.64. The van der Waals surface area contributed by atoms with Gasteiger partial charge in [-0.2, -0.15) is 0 Å². The Balaban J connectivity index is -0.00000128. The Hall–Kier alpha value is 0.769. The molecule has 0 aliphatic heterocycles. The Kier molecular flexibility index (Phi) is 21.9. The van der Waals surface area contributed by atoms with E-state index in [0.29, 0.717) is 0 Å². The van der Waals surface area contributed by atoms with Crippen molar-refractivity contribution in [2.24, 2.45) is 0 Å². The van der Waals surface area contributed by atoms with E-state index in [1.807, 2.05) is 0 Å². The van der Waals surface area contributed by atoms with Crippen molar-refractivity contribution in [2.45, 2.75) is 79.1 Å². The van der Waals surface area contributed by atoms with Crippen LogP contribution < -0.4 is 0 Å². The Bertz CT molecular complexity index is 127. The van der Waals surface area contributed by atoms with Gasteiger partial charge in [-0.1, -0.05) is 53.4 Å². The molecule has 0 N–H and O–H groups in total. The monoisotopic (exact) mass is 334 g/mol. The molecule has 0 heterocycles. The average Bonchev–Trinajstić information content (AvgIpc) is 2.37. The Morgan fingerprint density at radius 1 is 0.526 bits per heavy atom. The van der Waals surface area contributed by atoms with E-state index < -0.39 is 0 Å². The topological polar surface area (TPSA) is 0 Å². The van der Waals surface area contributed by atoms with Gasteiger partial charge in [-0.3, -0.25) is 0 Å². The van der Waals surface area contributed by atoms with Gasteiger partial charge in [0.2, 0.25) is 0 Å². The third kappa shape index (κ3) is 12.2. The van der Waals surface area contributed by atoms with Gasteiger partial charge >= 0.3 is 0 Å². The zero-order chi connectivity index (χ0) is 13.0. The number of hydrogen-bond acceptors (Lipinski definition) is 0. The van der Waals surface area contributed by atoms with E-state index in [-0.39, 0.29) is 29.5 Å². The van der Waals surface area contributed by atoms with E-state index in [1.54, 1.807) is 0 Å². The maximum atomic E-state index is 2.33. The summed E-state index contributed by atoms with van der Waals surface area (Å²) in [6.45, 7) is 15.0. The molecule has 0 saturated carbocycles. The van der Waals surface area contributed by atoms with Crippen molar-refractivity contribution in [2.75, 3.05) is 26.2 Å². The third-order valence-corrected chi connectivity index (χ3v) is 3.94. The summed E-state index contributed by atoms with van der Waals surface area (Å²) >= 11 is 0. The number of halogens is 1. The quantitative estimate of drug-likeness (QED) is 0.330. The molecule has 0 aromatic rings. The normalized spacial score (nSPS) is 10.7. The van der Waals surface area contributed by atoms with E-state index in [9.17, 15) is 0 Å². The molecule has 3 heteroatoms. The summed E-state index contributed by atoms with van der Waals surface area (Å²) in [6, 6.07) is 0. The van der Waals surface area contributed by atoms with Crippen molar-refractivity contribution >= 4 is 12.4 Å². The molecule has 0 aliphatic carbocycles. The van der Waals surface area contributed by atoms with Crippen molar-refractivity contribution < 1.29 is 21.6 Å². The van der Waals surface area contributed by atoms with E-state index in [2.05, 4.69) is 27.7 Å². The molecular formula is C16H37ClFeN+. The van der Waals surface area contributed by atoms with Gasteiger partial charge in [-0.15, -0.1) is 12.4 Å². The van der Waals surface area contributed by atoms with E-state index >= 15 is 0 Å². The average molecular weight is 335 g/mol. The predicted molar refractivity (Wildman–Crippen MR) is 86.6 cm³/mol. The minimum Gasteiger partial charge on any atom is -0.324 e. The minimum absolute atomic E-state index is 0. The van der Waals surface area contributed by atoms with Gasteiger partial charge in [0, 0.05) is 17.1 Å². The predicted octanol–water partition coefficient (Wildman–Crippen LogP) is 5.42. The molecule has 0 rings (SSSR count). The molecule has 0 amide bonds. The molecule has 0 aromatic carbocycles. The van der Waals surface area contributed by atoms with Crippen LogP contribution in [0.3, 0.4) is 0 Å². The van der Waals surface area contributed by atoms with Gasteiger partial charge in [0.05, 0.1) is 26.2 Å². The van der Waals surface area contributed by atoms with Crippen molar-refractivity contribution in [3.8, 4) is 0 Å². The van der Waals surface area contributed by atoms with Crippen LogP contribution in [0, 0.1) is 0 Å². The summed E-state index contributed by atoms with van der Waals surface area (Å²) < 4.78 is 1.42. The summed E-state index contributed by atoms with van der Waals surface area (Å²) in [7, 11) is 0. The fraction of sp³-hybridized carbons (Fsp3) is 1.00. The van der Waals surface area contributed by atoms with Crippen molar-refractivity contribution in [1.29, 1.82) is 0 Å². The van der Waals surface area contributed by atoms with Gasteiger partial charge in [0.1, 0.15) is 0 Å². The molecule has 0 radical (unpaired) electrons. The van der Waals surface area contributed by atoms with Crippen LogP contribution in [0.5, 0.6) is 0 Å². The molecule has 0 atom stereocenters. The number of nitrogens with zero attached hydrogens (tertiary/aromatic N) is 1. The molecule has 0 spiro atoms. The van der Waals surface area contributed by atoms with Gasteiger partial charge in [0.15, 0.2) is 0 Å². The van der Waals surface area contributed by atoms with Gasteiger partial charge in [-0.05, 0) is 25.7 Å². The zero-order valence-electron chi connectivity index (χ0n) is 13.7. The number of rotatable bonds is 12. The van der Waals surface area contributed by atoms with Crippen molar-refractivity contribution in [1.82, 2.24) is 0 Å². The molecule has 0 aromatic heterocycles. The van der Waals surface area contributed by atoms with Crippen LogP contribution in [0.15, 0.2) is 0 Å². The first-order valence-electron chi connectivity index (χ1n) is 8.09. The largest absolute Gasteiger partial charge is 0.324 e. The second kappa shape index (κ2) is 16.8. The van der Waals surface area contributed by atoms with Crippen LogP contribution in [-0.4, -0.2) is 30.7 Å². The van der Waals surface area contributed by atoms with Crippen LogP contribution in [0.2, 0.25) is 0 Å². The van der Waals surface area contributed by atoms with E-state index in [4.69, 9.17) is 0 Å². The molecule has 1 nitrogen and oxygen atoms in total. The number of unbranched alkanes of at least 4 members (excludes halogenated alkanes) is 4. The smallest absolute Gasteiger partial charge is 0.0786 e. The van der Waals surface area contributed by atoms with Crippen molar-refractivity contribution in [3.63, 3.8) is 0 Å². The fourth-order valence-corrected chi connectivity index (χ4v) is 2.64. The standard InChI is InChI=1S/C16H36N.ClH.Fe/c1-5-9-13-17(14-10-6-2,15-11-7-3)16-12-8-4;;/h5-16H2,1-4H3;1H;/q+1;;. The summed E-state index contributed by atoms with van der Waals surface area (Å²) in [6.07, 6.45) is 11.1. The molecule has 0 bridgehead atoms. The van der Waals surface area contributed by atoms with Crippen molar-refractivity contribution in [3.05, 3.63) is 0 Å². The summed E-state index contributed by atoms with van der Waals surface area (Å²) in [5, 5.41) is 0. The first-order valence-corrected chi connectivity index (χ1v) is 8.09. The van der Waals surface area contributed by atoms with Crippen LogP contribution in [-0.2, 0) is 17.1 Å². The van der Waals surface area contributed by atoms with Gasteiger partial charge < -0.3 is 4.48 Å². The molecule has 19 heavy (non-hydrogen) atoms. The molecule has 120 valence electrons. The summed E-state index contributed by atoms with van der Waals surface area (Å²) in [5.74, 6) is 0. The Labute approximate surface area is 139 Å². The number of hydrogen-bond donors (Lipinski definition) is 0. The molecule has 0 fully saturated rings. The maximum Gasteiger partial charge on any atom is 0.0786 e. The molecule has 0 unspecified atom stereocenters. The molecule has 0 saturated heterocycles. The second-order valence-electron chi connectivity index (χ2n) is 5.65. The van der Waals surface area contributed by atoms with Crippen LogP contribution >= 0.6 is 12.4 Å². The zero-order valence-corrected chi connectivity index (χ0v) is 15.6. The Morgan fingerprint density at radius 2 is 0.737 bits per heavy atom. The third-order valence-electron chi connectivity index (χ3n) is 3.94. The van der Waals surface area contributed by atoms with Crippen LogP contribution in [0.4, 0.5) is 0 Å². The van der Waals surface area contributed by atoms with E-state index in [1.165, 1.54) is 82.0 Å². The first kappa shape index (κ1) is 24.8. The summed E-state index contributed by atoms with van der Waals surface area (Å²) in [5.41, 5.74) is 0. The van der Waals surface area contributed by atoms with Crippen LogP contribution in [0.1, 0.15) is 79.1 Å². The van der Waals surface area contributed by atoms with Crippen LogP contribution in [0.25, 0.3) is 0 Å². The first-order chi connectivity index (χ1) is 8.24. The molecular weight excluding hydrogens is 297 g/mol.